The average Bonchev–Trinajstić information content (AvgIpc) is 3.32. The average molecular weight is 471 g/mol. The van der Waals surface area contributed by atoms with Crippen LogP contribution in [0.5, 0.6) is 0 Å². The lowest BCUT2D eigenvalue weighted by molar-refractivity contribution is -0.133. The quantitative estimate of drug-likeness (QED) is 0.507. The lowest BCUT2D eigenvalue weighted by atomic mass is 9.93. The molecule has 0 bridgehead atoms. The first-order valence-electron chi connectivity index (χ1n) is 13.4. The van der Waals surface area contributed by atoms with Crippen LogP contribution in [0.25, 0.3) is 11.1 Å². The Morgan fingerprint density at radius 2 is 1.91 bits per heavy atom. The van der Waals surface area contributed by atoms with Gasteiger partial charge in [-0.1, -0.05) is 46.0 Å². The van der Waals surface area contributed by atoms with Gasteiger partial charge >= 0.3 is 0 Å². The summed E-state index contributed by atoms with van der Waals surface area (Å²) in [7, 11) is 0. The van der Waals surface area contributed by atoms with Crippen molar-refractivity contribution in [3.8, 4) is 0 Å². The van der Waals surface area contributed by atoms with Crippen molar-refractivity contribution in [2.75, 3.05) is 26.2 Å². The molecule has 1 aliphatic heterocycles. The molecule has 188 valence electrons. The number of nitrogens with zero attached hydrogens (tertiary/aromatic N) is 3. The molecule has 7 nitrogen and oxygen atoms in total. The molecular formula is C27H42N4O3. The summed E-state index contributed by atoms with van der Waals surface area (Å²) in [6.07, 6.45) is 11.7. The van der Waals surface area contributed by atoms with Gasteiger partial charge in [0.2, 0.25) is 5.91 Å². The maximum atomic E-state index is 13.8. The van der Waals surface area contributed by atoms with Gasteiger partial charge in [-0.3, -0.25) is 9.59 Å². The van der Waals surface area contributed by atoms with E-state index < -0.39 is 5.54 Å². The molecule has 7 heteroatoms. The van der Waals surface area contributed by atoms with E-state index in [-0.39, 0.29) is 17.9 Å². The van der Waals surface area contributed by atoms with E-state index in [2.05, 4.69) is 24.1 Å². The van der Waals surface area contributed by atoms with Gasteiger partial charge in [0.1, 0.15) is 11.2 Å². The summed E-state index contributed by atoms with van der Waals surface area (Å²) >= 11 is 0. The molecule has 2 amide bonds. The van der Waals surface area contributed by atoms with Crippen LogP contribution in [0, 0.1) is 0 Å². The van der Waals surface area contributed by atoms with E-state index in [1.165, 1.54) is 25.7 Å². The molecule has 2 aromatic heterocycles. The molecular weight excluding hydrogens is 428 g/mol. The van der Waals surface area contributed by atoms with Gasteiger partial charge in [0.05, 0.1) is 18.3 Å². The fourth-order valence-electron chi connectivity index (χ4n) is 5.65. The Morgan fingerprint density at radius 3 is 2.62 bits per heavy atom. The van der Waals surface area contributed by atoms with Crippen LogP contribution in [0.4, 0.5) is 0 Å². The Labute approximate surface area is 203 Å². The molecule has 1 fully saturated rings. The lowest BCUT2D eigenvalue weighted by Crippen LogP contribution is -2.65. The van der Waals surface area contributed by atoms with Crippen molar-refractivity contribution in [3.63, 3.8) is 0 Å². The Morgan fingerprint density at radius 1 is 1.18 bits per heavy atom. The van der Waals surface area contributed by atoms with Crippen molar-refractivity contribution in [2.24, 2.45) is 0 Å². The molecule has 4 rings (SSSR count). The van der Waals surface area contributed by atoms with Gasteiger partial charge in [0, 0.05) is 24.7 Å². The van der Waals surface area contributed by atoms with Crippen molar-refractivity contribution in [1.82, 2.24) is 19.7 Å². The number of fused-ring (bicyclic) bond motifs is 3. The fraction of sp³-hybridized carbons (Fsp3) is 0.704. The van der Waals surface area contributed by atoms with Gasteiger partial charge < -0.3 is 24.1 Å². The summed E-state index contributed by atoms with van der Waals surface area (Å²) in [5.74, 6) is -0.102. The number of amides is 2. The van der Waals surface area contributed by atoms with Crippen molar-refractivity contribution < 1.29 is 14.0 Å². The third-order valence-electron chi connectivity index (χ3n) is 7.86. The van der Waals surface area contributed by atoms with E-state index in [1.807, 2.05) is 28.5 Å². The van der Waals surface area contributed by atoms with Crippen LogP contribution in [0.1, 0.15) is 89.0 Å². The molecule has 0 saturated heterocycles. The van der Waals surface area contributed by atoms with Gasteiger partial charge in [-0.2, -0.15) is 0 Å². The third-order valence-corrected chi connectivity index (χ3v) is 7.86. The highest BCUT2D eigenvalue weighted by molar-refractivity contribution is 6.02. The predicted octanol–water partition coefficient (Wildman–Crippen LogP) is 4.80. The topological polar surface area (TPSA) is 70.7 Å². The standard InChI is InChI=1S/C27H42N4O3/c1-4-6-15-29(5-2)16-11-17-31-25(32)23-19-24-22(14-18-34-24)30(23)20-27(31,3)26(33)28-21-12-9-7-8-10-13-21/h14,18-19,21H,4-13,15-17,20H2,1-3H3,(H,28,33). The van der Waals surface area contributed by atoms with Crippen molar-refractivity contribution in [3.05, 3.63) is 24.1 Å². The summed E-state index contributed by atoms with van der Waals surface area (Å²) in [4.78, 5) is 31.8. The van der Waals surface area contributed by atoms with Crippen LogP contribution < -0.4 is 5.32 Å². The van der Waals surface area contributed by atoms with E-state index in [0.29, 0.717) is 24.4 Å². The summed E-state index contributed by atoms with van der Waals surface area (Å²) in [5.41, 5.74) is 1.27. The second kappa shape index (κ2) is 11.0. The molecule has 0 radical (unpaired) electrons. The number of rotatable bonds is 10. The first kappa shape index (κ1) is 24.8. The summed E-state index contributed by atoms with van der Waals surface area (Å²) in [5, 5.41) is 3.34. The number of nitrogens with one attached hydrogen (secondary N) is 1. The SMILES string of the molecule is CCCCN(CC)CCCN1C(=O)c2cc3occc3n2CC1(C)C(=O)NC1CCCCCC1. The van der Waals surface area contributed by atoms with E-state index in [4.69, 9.17) is 4.42 Å². The van der Waals surface area contributed by atoms with Gasteiger partial charge in [-0.25, -0.2) is 0 Å². The number of hydrogen-bond donors (Lipinski definition) is 1. The Kier molecular flexibility index (Phi) is 8.02. The highest BCUT2D eigenvalue weighted by atomic mass is 16.3. The fourth-order valence-corrected chi connectivity index (χ4v) is 5.65. The second-order valence-corrected chi connectivity index (χ2v) is 10.3. The Hall–Kier alpha value is -2.28. The largest absolute Gasteiger partial charge is 0.463 e. The molecule has 1 saturated carbocycles. The molecule has 1 N–H and O–H groups in total. The molecule has 0 aromatic carbocycles. The Balaban J connectivity index is 1.55. The number of aromatic nitrogens is 1. The van der Waals surface area contributed by atoms with Gasteiger partial charge in [0.15, 0.2) is 5.58 Å². The zero-order valence-corrected chi connectivity index (χ0v) is 21.3. The molecule has 3 heterocycles. The smallest absolute Gasteiger partial charge is 0.271 e. The van der Waals surface area contributed by atoms with Crippen molar-refractivity contribution >= 4 is 22.9 Å². The van der Waals surface area contributed by atoms with Crippen LogP contribution in [-0.4, -0.2) is 63.9 Å². The van der Waals surface area contributed by atoms with Gasteiger partial charge in [0.25, 0.3) is 5.91 Å². The van der Waals surface area contributed by atoms with Gasteiger partial charge in [-0.15, -0.1) is 0 Å². The number of furan rings is 1. The monoisotopic (exact) mass is 470 g/mol. The molecule has 2 aliphatic rings. The minimum Gasteiger partial charge on any atom is -0.463 e. The molecule has 1 aliphatic carbocycles. The minimum atomic E-state index is -0.930. The Bertz CT molecular complexity index is 972. The summed E-state index contributed by atoms with van der Waals surface area (Å²) in [6, 6.07) is 3.92. The molecule has 34 heavy (non-hydrogen) atoms. The van der Waals surface area contributed by atoms with Crippen molar-refractivity contribution in [2.45, 2.75) is 96.7 Å². The van der Waals surface area contributed by atoms with Gasteiger partial charge in [-0.05, 0) is 52.2 Å². The van der Waals surface area contributed by atoms with Crippen LogP contribution >= 0.6 is 0 Å². The molecule has 0 spiro atoms. The highest BCUT2D eigenvalue weighted by Crippen LogP contribution is 2.33. The molecule has 1 unspecified atom stereocenters. The normalized spacial score (nSPS) is 21.8. The number of hydrogen-bond acceptors (Lipinski definition) is 4. The maximum Gasteiger partial charge on any atom is 0.271 e. The predicted molar refractivity (Wildman–Crippen MR) is 135 cm³/mol. The van der Waals surface area contributed by atoms with Crippen molar-refractivity contribution in [1.29, 1.82) is 0 Å². The highest BCUT2D eigenvalue weighted by Gasteiger charge is 2.48. The number of carbonyl (C=O) groups is 2. The molecule has 2 aromatic rings. The molecule has 1 atom stereocenters. The summed E-state index contributed by atoms with van der Waals surface area (Å²) < 4.78 is 7.56. The third kappa shape index (κ3) is 5.04. The maximum absolute atomic E-state index is 13.8. The van der Waals surface area contributed by atoms with Crippen LogP contribution in [0.15, 0.2) is 22.8 Å². The zero-order chi connectivity index (χ0) is 24.1. The lowest BCUT2D eigenvalue weighted by Gasteiger charge is -2.44. The number of carbonyl (C=O) groups excluding carboxylic acids is 2. The first-order chi connectivity index (χ1) is 16.5. The van der Waals surface area contributed by atoms with E-state index in [0.717, 1.165) is 57.3 Å². The summed E-state index contributed by atoms with van der Waals surface area (Å²) in [6.45, 7) is 10.4. The zero-order valence-electron chi connectivity index (χ0n) is 21.3. The van der Waals surface area contributed by atoms with Crippen LogP contribution in [0.3, 0.4) is 0 Å². The second-order valence-electron chi connectivity index (χ2n) is 10.3. The number of unbranched alkanes of at least 4 members (excludes halogenated alkanes) is 1. The van der Waals surface area contributed by atoms with E-state index in [1.54, 1.807) is 6.26 Å². The first-order valence-corrected chi connectivity index (χ1v) is 13.4. The minimum absolute atomic E-state index is 0.0259. The van der Waals surface area contributed by atoms with E-state index in [9.17, 15) is 9.59 Å². The van der Waals surface area contributed by atoms with Crippen LogP contribution in [0.2, 0.25) is 0 Å². The van der Waals surface area contributed by atoms with Crippen LogP contribution in [-0.2, 0) is 11.3 Å². The van der Waals surface area contributed by atoms with E-state index >= 15 is 0 Å².